The Kier molecular flexibility index (Phi) is 9.34. The predicted octanol–water partition coefficient (Wildman–Crippen LogP) is 1.88. The lowest BCUT2D eigenvalue weighted by Crippen LogP contribution is -2.46. The molecule has 0 bridgehead atoms. The summed E-state index contributed by atoms with van der Waals surface area (Å²) in [5, 5.41) is 6.71. The molecule has 8 heteroatoms. The molecule has 164 valence electrons. The van der Waals surface area contributed by atoms with Gasteiger partial charge in [0.05, 0.1) is 33.5 Å². The number of nitrogens with zero attached hydrogens (tertiary/aromatic N) is 2. The number of methoxy groups -OCH3 is 3. The molecule has 1 fully saturated rings. The van der Waals surface area contributed by atoms with E-state index in [1.807, 2.05) is 12.1 Å². The molecule has 0 spiro atoms. The van der Waals surface area contributed by atoms with Crippen LogP contribution in [0, 0.1) is 0 Å². The van der Waals surface area contributed by atoms with Gasteiger partial charge in [-0.05, 0) is 38.0 Å². The van der Waals surface area contributed by atoms with Gasteiger partial charge < -0.3 is 29.6 Å². The number of morpholine rings is 1. The fourth-order valence-corrected chi connectivity index (χ4v) is 3.62. The van der Waals surface area contributed by atoms with Crippen molar-refractivity contribution in [3.8, 4) is 17.2 Å². The minimum absolute atomic E-state index is 0.305. The second-order valence-corrected chi connectivity index (χ2v) is 7.26. The van der Waals surface area contributed by atoms with E-state index < -0.39 is 0 Å². The molecule has 2 N–H and O–H groups in total. The first-order valence-corrected chi connectivity index (χ1v) is 10.1. The second kappa shape index (κ2) is 11.7. The molecular formula is C21H36N4O4. The summed E-state index contributed by atoms with van der Waals surface area (Å²) in [4.78, 5) is 6.77. The number of nitrogens with one attached hydrogen (secondary N) is 2. The van der Waals surface area contributed by atoms with Gasteiger partial charge in [0, 0.05) is 39.8 Å². The lowest BCUT2D eigenvalue weighted by Gasteiger charge is -2.35. The van der Waals surface area contributed by atoms with Crippen LogP contribution in [0.15, 0.2) is 17.1 Å². The zero-order chi connectivity index (χ0) is 21.2. The van der Waals surface area contributed by atoms with Crippen molar-refractivity contribution >= 4 is 5.96 Å². The van der Waals surface area contributed by atoms with Gasteiger partial charge in [-0.15, -0.1) is 0 Å². The fourth-order valence-electron chi connectivity index (χ4n) is 3.62. The lowest BCUT2D eigenvalue weighted by molar-refractivity contribution is -0.0679. The second-order valence-electron chi connectivity index (χ2n) is 7.26. The van der Waals surface area contributed by atoms with Crippen LogP contribution >= 0.6 is 0 Å². The van der Waals surface area contributed by atoms with Crippen LogP contribution in [0.5, 0.6) is 17.2 Å². The summed E-state index contributed by atoms with van der Waals surface area (Å²) in [6, 6.07) is 3.87. The Hall–Kier alpha value is -2.19. The summed E-state index contributed by atoms with van der Waals surface area (Å²) >= 11 is 0. The molecule has 2 rings (SSSR count). The van der Waals surface area contributed by atoms with Crippen molar-refractivity contribution in [3.05, 3.63) is 17.7 Å². The third-order valence-electron chi connectivity index (χ3n) is 4.85. The quantitative estimate of drug-likeness (QED) is 0.367. The first-order chi connectivity index (χ1) is 14.0. The van der Waals surface area contributed by atoms with Crippen molar-refractivity contribution in [2.45, 2.75) is 39.0 Å². The zero-order valence-corrected chi connectivity index (χ0v) is 18.6. The summed E-state index contributed by atoms with van der Waals surface area (Å²) in [5.74, 6) is 2.64. The Labute approximate surface area is 174 Å². The highest BCUT2D eigenvalue weighted by Crippen LogP contribution is 2.38. The van der Waals surface area contributed by atoms with Gasteiger partial charge in [-0.25, -0.2) is 0 Å². The Bertz CT molecular complexity index is 633. The van der Waals surface area contributed by atoms with E-state index in [0.717, 1.165) is 44.1 Å². The van der Waals surface area contributed by atoms with E-state index in [4.69, 9.17) is 18.9 Å². The molecule has 1 aliphatic rings. The van der Waals surface area contributed by atoms with Gasteiger partial charge >= 0.3 is 0 Å². The molecule has 0 aromatic heterocycles. The van der Waals surface area contributed by atoms with Crippen molar-refractivity contribution in [1.82, 2.24) is 15.5 Å². The highest BCUT2D eigenvalue weighted by atomic mass is 16.5. The molecule has 2 atom stereocenters. The van der Waals surface area contributed by atoms with Gasteiger partial charge in [0.1, 0.15) is 0 Å². The molecule has 1 aromatic carbocycles. The maximum Gasteiger partial charge on any atom is 0.203 e. The van der Waals surface area contributed by atoms with Crippen molar-refractivity contribution in [1.29, 1.82) is 0 Å². The lowest BCUT2D eigenvalue weighted by atomic mass is 10.2. The number of rotatable bonds is 9. The average Bonchev–Trinajstić information content (AvgIpc) is 2.71. The smallest absolute Gasteiger partial charge is 0.203 e. The summed E-state index contributed by atoms with van der Waals surface area (Å²) in [6.45, 7) is 8.77. The SMILES string of the molecule is CN=C(NCCCN1CC(C)OC(C)C1)NCc1cc(OC)c(OC)c(OC)c1. The summed E-state index contributed by atoms with van der Waals surface area (Å²) in [5.41, 5.74) is 1.01. The van der Waals surface area contributed by atoms with Gasteiger partial charge in [0.2, 0.25) is 5.75 Å². The first kappa shape index (κ1) is 23.1. The van der Waals surface area contributed by atoms with E-state index in [1.54, 1.807) is 28.4 Å². The van der Waals surface area contributed by atoms with Crippen LogP contribution in [-0.4, -0.2) is 77.6 Å². The molecule has 1 aliphatic heterocycles. The molecule has 0 aliphatic carbocycles. The molecule has 29 heavy (non-hydrogen) atoms. The number of ether oxygens (including phenoxy) is 4. The van der Waals surface area contributed by atoms with E-state index in [9.17, 15) is 0 Å². The van der Waals surface area contributed by atoms with Gasteiger partial charge in [0.15, 0.2) is 17.5 Å². The van der Waals surface area contributed by atoms with Gasteiger partial charge in [-0.1, -0.05) is 0 Å². The maximum atomic E-state index is 5.79. The largest absolute Gasteiger partial charge is 0.493 e. The van der Waals surface area contributed by atoms with Crippen molar-refractivity contribution in [2.75, 3.05) is 54.6 Å². The minimum atomic E-state index is 0.305. The Morgan fingerprint density at radius 3 is 2.21 bits per heavy atom. The van der Waals surface area contributed by atoms with Crippen LogP contribution in [0.4, 0.5) is 0 Å². The predicted molar refractivity (Wildman–Crippen MR) is 115 cm³/mol. The van der Waals surface area contributed by atoms with Crippen molar-refractivity contribution in [3.63, 3.8) is 0 Å². The van der Waals surface area contributed by atoms with Crippen molar-refractivity contribution < 1.29 is 18.9 Å². The van der Waals surface area contributed by atoms with Crippen LogP contribution in [0.3, 0.4) is 0 Å². The molecule has 1 aromatic rings. The summed E-state index contributed by atoms with van der Waals surface area (Å²) in [6.07, 6.45) is 1.66. The first-order valence-electron chi connectivity index (χ1n) is 10.1. The molecule has 8 nitrogen and oxygen atoms in total. The molecule has 2 unspecified atom stereocenters. The zero-order valence-electron chi connectivity index (χ0n) is 18.6. The fraction of sp³-hybridized carbons (Fsp3) is 0.667. The number of hydrogen-bond acceptors (Lipinski definition) is 6. The molecule has 0 saturated carbocycles. The molecule has 1 saturated heterocycles. The standard InChI is InChI=1S/C21H36N4O4/c1-15-13-25(14-16(2)29-15)9-7-8-23-21(22-3)24-12-17-10-18(26-4)20(28-6)19(11-17)27-5/h10-11,15-16H,7-9,12-14H2,1-6H3,(H2,22,23,24). The third-order valence-corrected chi connectivity index (χ3v) is 4.85. The number of guanidine groups is 1. The van der Waals surface area contributed by atoms with Crippen LogP contribution < -0.4 is 24.8 Å². The van der Waals surface area contributed by atoms with E-state index in [0.29, 0.717) is 36.0 Å². The van der Waals surface area contributed by atoms with E-state index >= 15 is 0 Å². The maximum absolute atomic E-state index is 5.79. The number of benzene rings is 1. The third kappa shape index (κ3) is 6.97. The Morgan fingerprint density at radius 1 is 1.07 bits per heavy atom. The molecule has 1 heterocycles. The summed E-state index contributed by atoms with van der Waals surface area (Å²) in [7, 11) is 6.61. The Balaban J connectivity index is 1.80. The van der Waals surface area contributed by atoms with E-state index in [-0.39, 0.29) is 0 Å². The Morgan fingerprint density at radius 2 is 1.69 bits per heavy atom. The van der Waals surface area contributed by atoms with Crippen molar-refractivity contribution in [2.24, 2.45) is 4.99 Å². The van der Waals surface area contributed by atoms with Crippen LogP contribution in [0.25, 0.3) is 0 Å². The summed E-state index contributed by atoms with van der Waals surface area (Å²) < 4.78 is 22.0. The average molecular weight is 409 g/mol. The van der Waals surface area contributed by atoms with Crippen LogP contribution in [-0.2, 0) is 11.3 Å². The molecular weight excluding hydrogens is 372 g/mol. The highest BCUT2D eigenvalue weighted by molar-refractivity contribution is 5.79. The number of aliphatic imine (C=N–C) groups is 1. The minimum Gasteiger partial charge on any atom is -0.493 e. The van der Waals surface area contributed by atoms with Gasteiger partial charge in [0.25, 0.3) is 0 Å². The van der Waals surface area contributed by atoms with Gasteiger partial charge in [-0.2, -0.15) is 0 Å². The monoisotopic (exact) mass is 408 g/mol. The number of hydrogen-bond donors (Lipinski definition) is 2. The van der Waals surface area contributed by atoms with Gasteiger partial charge in [-0.3, -0.25) is 9.89 Å². The van der Waals surface area contributed by atoms with Crippen LogP contribution in [0.2, 0.25) is 0 Å². The van der Waals surface area contributed by atoms with Crippen LogP contribution in [0.1, 0.15) is 25.8 Å². The molecule has 0 amide bonds. The normalized spacial score (nSPS) is 20.3. The highest BCUT2D eigenvalue weighted by Gasteiger charge is 2.21. The molecule has 0 radical (unpaired) electrons. The van der Waals surface area contributed by atoms with E-state index in [2.05, 4.69) is 34.4 Å². The topological polar surface area (TPSA) is 76.6 Å². The van der Waals surface area contributed by atoms with E-state index in [1.165, 1.54) is 0 Å².